The van der Waals surface area contributed by atoms with Crippen molar-refractivity contribution < 1.29 is 14.3 Å². The Balaban J connectivity index is 2.28. The number of ether oxygens (including phenoxy) is 1. The van der Waals surface area contributed by atoms with Crippen molar-refractivity contribution in [1.82, 2.24) is 4.98 Å². The molecule has 0 saturated heterocycles. The number of Topliss-reactive ketones (excluding diaryl/α,β-unsaturated/α-hetero) is 1. The highest BCUT2D eigenvalue weighted by Crippen LogP contribution is 2.00. The van der Waals surface area contributed by atoms with E-state index < -0.39 is 0 Å². The van der Waals surface area contributed by atoms with Crippen LogP contribution in [-0.4, -0.2) is 23.3 Å². The SMILES string of the molecule is CC(=O)CCCOC(=O)c1ccncc1. The number of ketones is 1. The molecule has 4 heteroatoms. The van der Waals surface area contributed by atoms with Crippen LogP contribution in [0.25, 0.3) is 0 Å². The molecule has 1 aromatic heterocycles. The molecule has 0 aliphatic carbocycles. The highest BCUT2D eigenvalue weighted by Gasteiger charge is 2.05. The summed E-state index contributed by atoms with van der Waals surface area (Å²) in [5.74, 6) is -0.268. The van der Waals surface area contributed by atoms with Gasteiger partial charge in [-0.1, -0.05) is 0 Å². The van der Waals surface area contributed by atoms with Crippen molar-refractivity contribution in [2.75, 3.05) is 6.61 Å². The van der Waals surface area contributed by atoms with Gasteiger partial charge in [0.25, 0.3) is 0 Å². The van der Waals surface area contributed by atoms with Gasteiger partial charge in [0.05, 0.1) is 12.2 Å². The van der Waals surface area contributed by atoms with Gasteiger partial charge in [0.15, 0.2) is 0 Å². The maximum Gasteiger partial charge on any atom is 0.338 e. The zero-order valence-electron chi connectivity index (χ0n) is 8.60. The first-order valence-corrected chi connectivity index (χ1v) is 4.77. The second-order valence-corrected chi connectivity index (χ2v) is 3.18. The van der Waals surface area contributed by atoms with E-state index in [-0.39, 0.29) is 18.4 Å². The molecule has 0 bridgehead atoms. The normalized spacial score (nSPS) is 9.67. The number of esters is 1. The van der Waals surface area contributed by atoms with Crippen molar-refractivity contribution in [1.29, 1.82) is 0 Å². The molecule has 4 nitrogen and oxygen atoms in total. The van der Waals surface area contributed by atoms with Crippen LogP contribution in [-0.2, 0) is 9.53 Å². The molecule has 80 valence electrons. The molecule has 0 unspecified atom stereocenters. The van der Waals surface area contributed by atoms with E-state index in [1.54, 1.807) is 12.1 Å². The van der Waals surface area contributed by atoms with Crippen LogP contribution in [0.2, 0.25) is 0 Å². The third-order valence-corrected chi connectivity index (χ3v) is 1.82. The Morgan fingerprint density at radius 2 is 2.00 bits per heavy atom. The van der Waals surface area contributed by atoms with E-state index in [0.717, 1.165) is 0 Å². The van der Waals surface area contributed by atoms with Crippen LogP contribution < -0.4 is 0 Å². The van der Waals surface area contributed by atoms with Gasteiger partial charge >= 0.3 is 5.97 Å². The maximum absolute atomic E-state index is 11.4. The molecule has 0 N–H and O–H groups in total. The van der Waals surface area contributed by atoms with Gasteiger partial charge in [0.1, 0.15) is 5.78 Å². The second-order valence-electron chi connectivity index (χ2n) is 3.18. The van der Waals surface area contributed by atoms with Gasteiger partial charge in [-0.2, -0.15) is 0 Å². The fraction of sp³-hybridized carbons (Fsp3) is 0.364. The largest absolute Gasteiger partial charge is 0.462 e. The zero-order valence-corrected chi connectivity index (χ0v) is 8.60. The number of hydrogen-bond acceptors (Lipinski definition) is 4. The van der Waals surface area contributed by atoms with Gasteiger partial charge < -0.3 is 9.53 Å². The van der Waals surface area contributed by atoms with Crippen molar-refractivity contribution in [3.63, 3.8) is 0 Å². The summed E-state index contributed by atoms with van der Waals surface area (Å²) in [6.45, 7) is 1.80. The fourth-order valence-corrected chi connectivity index (χ4v) is 1.06. The highest BCUT2D eigenvalue weighted by atomic mass is 16.5. The summed E-state index contributed by atoms with van der Waals surface area (Å²) >= 11 is 0. The molecule has 1 rings (SSSR count). The van der Waals surface area contributed by atoms with Crippen molar-refractivity contribution in [3.05, 3.63) is 30.1 Å². The molecule has 0 radical (unpaired) electrons. The van der Waals surface area contributed by atoms with Gasteiger partial charge in [0, 0.05) is 18.8 Å². The molecule has 0 saturated carbocycles. The molecule has 0 spiro atoms. The van der Waals surface area contributed by atoms with Gasteiger partial charge in [-0.25, -0.2) is 4.79 Å². The monoisotopic (exact) mass is 207 g/mol. The Hall–Kier alpha value is -1.71. The van der Waals surface area contributed by atoms with Gasteiger partial charge in [-0.05, 0) is 25.5 Å². The molecule has 15 heavy (non-hydrogen) atoms. The lowest BCUT2D eigenvalue weighted by Gasteiger charge is -2.03. The lowest BCUT2D eigenvalue weighted by atomic mass is 10.2. The van der Waals surface area contributed by atoms with E-state index in [1.807, 2.05) is 0 Å². The third kappa shape index (κ3) is 4.35. The van der Waals surface area contributed by atoms with E-state index >= 15 is 0 Å². The molecule has 0 aliphatic rings. The van der Waals surface area contributed by atoms with Crippen LogP contribution in [0.4, 0.5) is 0 Å². The Bertz CT molecular complexity index is 335. The Labute approximate surface area is 88.3 Å². The summed E-state index contributed by atoms with van der Waals surface area (Å²) in [5, 5.41) is 0. The van der Waals surface area contributed by atoms with E-state index in [9.17, 15) is 9.59 Å². The van der Waals surface area contributed by atoms with Gasteiger partial charge in [0.2, 0.25) is 0 Å². The van der Waals surface area contributed by atoms with Gasteiger partial charge in [-0.15, -0.1) is 0 Å². The Kier molecular flexibility index (Phi) is 4.47. The Morgan fingerprint density at radius 3 is 2.60 bits per heavy atom. The standard InChI is InChI=1S/C11H13NO3/c1-9(13)3-2-8-15-11(14)10-4-6-12-7-5-10/h4-7H,2-3,8H2,1H3. The number of carbonyl (C=O) groups is 2. The van der Waals surface area contributed by atoms with Crippen molar-refractivity contribution in [2.24, 2.45) is 0 Å². The van der Waals surface area contributed by atoms with Crippen LogP contribution in [0, 0.1) is 0 Å². The van der Waals surface area contributed by atoms with Crippen LogP contribution >= 0.6 is 0 Å². The van der Waals surface area contributed by atoms with Gasteiger partial charge in [-0.3, -0.25) is 4.98 Å². The van der Waals surface area contributed by atoms with E-state index in [0.29, 0.717) is 18.4 Å². The zero-order chi connectivity index (χ0) is 11.1. The summed E-state index contributed by atoms with van der Waals surface area (Å²) < 4.78 is 4.96. The minimum atomic E-state index is -0.374. The van der Waals surface area contributed by atoms with Crippen molar-refractivity contribution in [2.45, 2.75) is 19.8 Å². The third-order valence-electron chi connectivity index (χ3n) is 1.82. The topological polar surface area (TPSA) is 56.3 Å². The van der Waals surface area contributed by atoms with Crippen molar-refractivity contribution >= 4 is 11.8 Å². The van der Waals surface area contributed by atoms with Crippen LogP contribution in [0.5, 0.6) is 0 Å². The first-order chi connectivity index (χ1) is 7.20. The number of rotatable bonds is 5. The number of aromatic nitrogens is 1. The van der Waals surface area contributed by atoms with Crippen LogP contribution in [0.3, 0.4) is 0 Å². The second kappa shape index (κ2) is 5.90. The minimum absolute atomic E-state index is 0.106. The fourth-order valence-electron chi connectivity index (χ4n) is 1.06. The summed E-state index contributed by atoms with van der Waals surface area (Å²) in [5.41, 5.74) is 0.479. The predicted octanol–water partition coefficient (Wildman–Crippen LogP) is 1.61. The lowest BCUT2D eigenvalue weighted by Crippen LogP contribution is -2.07. The number of pyridine rings is 1. The summed E-state index contributed by atoms with van der Waals surface area (Å²) in [7, 11) is 0. The van der Waals surface area contributed by atoms with E-state index in [4.69, 9.17) is 4.74 Å². The molecule has 1 aromatic rings. The van der Waals surface area contributed by atoms with Crippen LogP contribution in [0.15, 0.2) is 24.5 Å². The Morgan fingerprint density at radius 1 is 1.33 bits per heavy atom. The average molecular weight is 207 g/mol. The smallest absolute Gasteiger partial charge is 0.338 e. The highest BCUT2D eigenvalue weighted by molar-refractivity contribution is 5.89. The summed E-state index contributed by atoms with van der Waals surface area (Å²) in [6, 6.07) is 3.18. The molecule has 1 heterocycles. The molecule has 0 fully saturated rings. The van der Waals surface area contributed by atoms with E-state index in [1.165, 1.54) is 19.3 Å². The number of carbonyl (C=O) groups excluding carboxylic acids is 2. The molecule has 0 amide bonds. The quantitative estimate of drug-likeness (QED) is 0.543. The summed E-state index contributed by atoms with van der Waals surface area (Å²) in [4.78, 5) is 25.8. The molecular formula is C11H13NO3. The molecular weight excluding hydrogens is 194 g/mol. The number of hydrogen-bond donors (Lipinski definition) is 0. The van der Waals surface area contributed by atoms with Crippen LogP contribution in [0.1, 0.15) is 30.1 Å². The minimum Gasteiger partial charge on any atom is -0.462 e. The first-order valence-electron chi connectivity index (χ1n) is 4.77. The average Bonchev–Trinajstić information content (AvgIpc) is 2.25. The molecule has 0 aromatic carbocycles. The summed E-state index contributed by atoms with van der Waals surface area (Å²) in [6.07, 6.45) is 4.09. The predicted molar refractivity (Wildman–Crippen MR) is 54.4 cm³/mol. The van der Waals surface area contributed by atoms with E-state index in [2.05, 4.69) is 4.98 Å². The maximum atomic E-state index is 11.4. The first kappa shape index (κ1) is 11.4. The lowest BCUT2D eigenvalue weighted by molar-refractivity contribution is -0.117. The van der Waals surface area contributed by atoms with Crippen molar-refractivity contribution in [3.8, 4) is 0 Å². The number of nitrogens with zero attached hydrogens (tertiary/aromatic N) is 1. The molecule has 0 aliphatic heterocycles. The molecule has 0 atom stereocenters.